The second kappa shape index (κ2) is 8.48. The van der Waals surface area contributed by atoms with Crippen LogP contribution in [0.2, 0.25) is 0 Å². The van der Waals surface area contributed by atoms with Gasteiger partial charge in [-0.15, -0.1) is 0 Å². The van der Waals surface area contributed by atoms with E-state index >= 15 is 0 Å². The van der Waals surface area contributed by atoms with Gasteiger partial charge in [-0.05, 0) is 62.1 Å². The number of aromatic nitrogens is 1. The van der Waals surface area contributed by atoms with Gasteiger partial charge < -0.3 is 10.2 Å². The second-order valence-electron chi connectivity index (χ2n) is 6.15. The van der Waals surface area contributed by atoms with Crippen molar-refractivity contribution in [2.75, 3.05) is 18.4 Å². The first-order valence-electron chi connectivity index (χ1n) is 8.64. The average Bonchev–Trinajstić information content (AvgIpc) is 2.58. The zero-order valence-corrected chi connectivity index (χ0v) is 15.1. The Labute approximate surface area is 144 Å². The van der Waals surface area contributed by atoms with Crippen LogP contribution < -0.4 is 5.32 Å². The Morgan fingerprint density at radius 1 is 1.04 bits per heavy atom. The molecular formula is C20H27N3O. The predicted molar refractivity (Wildman–Crippen MR) is 99.9 cm³/mol. The molecule has 0 saturated carbocycles. The fraction of sp³-hybridized carbons (Fsp3) is 0.400. The third-order valence-corrected chi connectivity index (χ3v) is 4.06. The van der Waals surface area contributed by atoms with Gasteiger partial charge in [-0.2, -0.15) is 0 Å². The third-order valence-electron chi connectivity index (χ3n) is 4.06. The Morgan fingerprint density at radius 2 is 1.75 bits per heavy atom. The third kappa shape index (κ3) is 4.57. The summed E-state index contributed by atoms with van der Waals surface area (Å²) in [6.45, 7) is 9.93. The minimum Gasteiger partial charge on any atom is -0.340 e. The van der Waals surface area contributed by atoms with Gasteiger partial charge in [-0.1, -0.05) is 19.9 Å². The van der Waals surface area contributed by atoms with Crippen LogP contribution in [0, 0.1) is 13.8 Å². The Morgan fingerprint density at radius 3 is 2.29 bits per heavy atom. The first-order chi connectivity index (χ1) is 11.5. The van der Waals surface area contributed by atoms with Crippen molar-refractivity contribution in [2.45, 2.75) is 40.5 Å². The van der Waals surface area contributed by atoms with Gasteiger partial charge in [0.15, 0.2) is 0 Å². The van der Waals surface area contributed by atoms with Crippen molar-refractivity contribution in [3.63, 3.8) is 0 Å². The molecule has 2 rings (SSSR count). The minimum atomic E-state index is 0.0592. The van der Waals surface area contributed by atoms with Crippen molar-refractivity contribution in [3.05, 3.63) is 53.2 Å². The highest BCUT2D eigenvalue weighted by molar-refractivity contribution is 5.94. The monoisotopic (exact) mass is 325 g/mol. The van der Waals surface area contributed by atoms with Crippen molar-refractivity contribution in [1.82, 2.24) is 9.88 Å². The molecule has 1 N–H and O–H groups in total. The smallest absolute Gasteiger partial charge is 0.255 e. The summed E-state index contributed by atoms with van der Waals surface area (Å²) >= 11 is 0. The summed E-state index contributed by atoms with van der Waals surface area (Å²) in [5, 5.41) is 3.28. The van der Waals surface area contributed by atoms with Gasteiger partial charge in [-0.25, -0.2) is 4.98 Å². The summed E-state index contributed by atoms with van der Waals surface area (Å²) in [7, 11) is 0. The van der Waals surface area contributed by atoms with Crippen molar-refractivity contribution >= 4 is 17.4 Å². The van der Waals surface area contributed by atoms with Gasteiger partial charge >= 0.3 is 0 Å². The maximum atomic E-state index is 12.5. The molecule has 0 saturated heterocycles. The van der Waals surface area contributed by atoms with Crippen molar-refractivity contribution in [2.24, 2.45) is 0 Å². The molecule has 0 fully saturated rings. The molecule has 0 unspecified atom stereocenters. The molecule has 0 aliphatic heterocycles. The lowest BCUT2D eigenvalue weighted by Crippen LogP contribution is -2.32. The van der Waals surface area contributed by atoms with Crippen LogP contribution in [0.25, 0.3) is 0 Å². The van der Waals surface area contributed by atoms with E-state index in [9.17, 15) is 4.79 Å². The van der Waals surface area contributed by atoms with Crippen molar-refractivity contribution in [3.8, 4) is 0 Å². The van der Waals surface area contributed by atoms with Crippen LogP contribution in [-0.2, 0) is 0 Å². The molecule has 128 valence electrons. The van der Waals surface area contributed by atoms with Crippen LogP contribution in [0.3, 0.4) is 0 Å². The van der Waals surface area contributed by atoms with E-state index < -0.39 is 0 Å². The highest BCUT2D eigenvalue weighted by atomic mass is 16.2. The number of hydrogen-bond donors (Lipinski definition) is 1. The molecule has 0 radical (unpaired) electrons. The van der Waals surface area contributed by atoms with Crippen LogP contribution >= 0.6 is 0 Å². The number of carbonyl (C=O) groups excluding carboxylic acids is 1. The van der Waals surface area contributed by atoms with Crippen LogP contribution in [0.5, 0.6) is 0 Å². The molecule has 0 atom stereocenters. The maximum Gasteiger partial charge on any atom is 0.255 e. The molecule has 0 bridgehead atoms. The lowest BCUT2D eigenvalue weighted by Gasteiger charge is -2.21. The fourth-order valence-corrected chi connectivity index (χ4v) is 2.60. The summed E-state index contributed by atoms with van der Waals surface area (Å²) in [5.74, 6) is 0.802. The molecule has 0 aliphatic carbocycles. The number of nitrogens with one attached hydrogen (secondary N) is 1. The van der Waals surface area contributed by atoms with Gasteiger partial charge in [-0.3, -0.25) is 4.79 Å². The standard InChI is InChI=1S/C20H27N3O/c1-5-11-23(12-6-2)20(24)17-8-10-19(21-14-17)22-18-9-7-15(3)16(4)13-18/h7-10,13-14H,5-6,11-12H2,1-4H3,(H,21,22). The van der Waals surface area contributed by atoms with E-state index in [-0.39, 0.29) is 5.91 Å². The first-order valence-corrected chi connectivity index (χ1v) is 8.64. The summed E-state index contributed by atoms with van der Waals surface area (Å²) < 4.78 is 0. The Balaban J connectivity index is 2.09. The number of hydrogen-bond acceptors (Lipinski definition) is 3. The molecule has 1 heterocycles. The summed E-state index contributed by atoms with van der Waals surface area (Å²) in [6.07, 6.45) is 3.58. The summed E-state index contributed by atoms with van der Waals surface area (Å²) in [4.78, 5) is 18.8. The SMILES string of the molecule is CCCN(CCC)C(=O)c1ccc(Nc2ccc(C)c(C)c2)nc1. The zero-order valence-electron chi connectivity index (χ0n) is 15.1. The van der Waals surface area contributed by atoms with E-state index in [0.29, 0.717) is 5.56 Å². The van der Waals surface area contributed by atoms with Gasteiger partial charge in [0.2, 0.25) is 0 Å². The number of pyridine rings is 1. The van der Waals surface area contributed by atoms with Gasteiger partial charge in [0.05, 0.1) is 5.56 Å². The molecule has 0 spiro atoms. The van der Waals surface area contributed by atoms with E-state index in [1.807, 2.05) is 23.1 Å². The topological polar surface area (TPSA) is 45.2 Å². The number of rotatable bonds is 7. The Bertz CT molecular complexity index is 674. The van der Waals surface area contributed by atoms with E-state index in [0.717, 1.165) is 37.4 Å². The molecule has 4 nitrogen and oxygen atoms in total. The highest BCUT2D eigenvalue weighted by Crippen LogP contribution is 2.18. The van der Waals surface area contributed by atoms with E-state index in [1.54, 1.807) is 6.20 Å². The van der Waals surface area contributed by atoms with Gasteiger partial charge in [0, 0.05) is 25.0 Å². The molecular weight excluding hydrogens is 298 g/mol. The highest BCUT2D eigenvalue weighted by Gasteiger charge is 2.14. The molecule has 1 aromatic carbocycles. The fourth-order valence-electron chi connectivity index (χ4n) is 2.60. The average molecular weight is 325 g/mol. The first kappa shape index (κ1) is 18.0. The number of aryl methyl sites for hydroxylation is 2. The van der Waals surface area contributed by atoms with Crippen LogP contribution in [0.15, 0.2) is 36.5 Å². The lowest BCUT2D eigenvalue weighted by atomic mass is 10.1. The number of anilines is 2. The van der Waals surface area contributed by atoms with Crippen LogP contribution in [-0.4, -0.2) is 28.9 Å². The molecule has 4 heteroatoms. The van der Waals surface area contributed by atoms with Crippen LogP contribution in [0.1, 0.15) is 48.2 Å². The minimum absolute atomic E-state index is 0.0592. The predicted octanol–water partition coefficient (Wildman–Crippen LogP) is 4.70. The number of amides is 1. The van der Waals surface area contributed by atoms with E-state index in [1.165, 1.54) is 11.1 Å². The van der Waals surface area contributed by atoms with Gasteiger partial charge in [0.1, 0.15) is 5.82 Å². The number of nitrogens with zero attached hydrogens (tertiary/aromatic N) is 2. The Hall–Kier alpha value is -2.36. The molecule has 1 aromatic heterocycles. The Kier molecular flexibility index (Phi) is 6.36. The molecule has 24 heavy (non-hydrogen) atoms. The molecule has 1 amide bonds. The molecule has 0 aliphatic rings. The quantitative estimate of drug-likeness (QED) is 0.802. The van der Waals surface area contributed by atoms with E-state index in [4.69, 9.17) is 0 Å². The largest absolute Gasteiger partial charge is 0.340 e. The lowest BCUT2D eigenvalue weighted by molar-refractivity contribution is 0.0755. The summed E-state index contributed by atoms with van der Waals surface area (Å²) in [5.41, 5.74) is 4.15. The van der Waals surface area contributed by atoms with Crippen molar-refractivity contribution in [1.29, 1.82) is 0 Å². The maximum absolute atomic E-state index is 12.5. The van der Waals surface area contributed by atoms with E-state index in [2.05, 4.69) is 50.1 Å². The number of carbonyl (C=O) groups is 1. The van der Waals surface area contributed by atoms with Gasteiger partial charge in [0.25, 0.3) is 5.91 Å². The van der Waals surface area contributed by atoms with Crippen LogP contribution in [0.4, 0.5) is 11.5 Å². The zero-order chi connectivity index (χ0) is 17.5. The molecule has 2 aromatic rings. The van der Waals surface area contributed by atoms with Crippen molar-refractivity contribution < 1.29 is 4.79 Å². The normalized spacial score (nSPS) is 10.5. The number of benzene rings is 1. The summed E-state index contributed by atoms with van der Waals surface area (Å²) in [6, 6.07) is 9.92. The second-order valence-corrected chi connectivity index (χ2v) is 6.15.